The van der Waals surface area contributed by atoms with Crippen molar-refractivity contribution in [3.63, 3.8) is 0 Å². The number of rotatable bonds is 2. The number of amides is 1. The number of benzene rings is 1. The first-order valence-corrected chi connectivity index (χ1v) is 9.17. The number of hydrogen-bond donors (Lipinski definition) is 1. The molecule has 2 aliphatic rings. The van der Waals surface area contributed by atoms with E-state index in [0.29, 0.717) is 17.1 Å². The maximum atomic E-state index is 12.8. The first-order chi connectivity index (χ1) is 11.6. The molecule has 1 aromatic carbocycles. The molecule has 1 N–H and O–H groups in total. The summed E-state index contributed by atoms with van der Waals surface area (Å²) in [6.45, 7) is 12.4. The van der Waals surface area contributed by atoms with Gasteiger partial charge in [0.15, 0.2) is 0 Å². The van der Waals surface area contributed by atoms with Gasteiger partial charge in [-0.15, -0.1) is 12.4 Å². The second-order valence-corrected chi connectivity index (χ2v) is 8.28. The van der Waals surface area contributed by atoms with Gasteiger partial charge in [0.25, 0.3) is 5.91 Å². The Balaban J connectivity index is 0.00000243. The summed E-state index contributed by atoms with van der Waals surface area (Å²) in [4.78, 5) is 14.7. The first-order valence-electron chi connectivity index (χ1n) is 8.79. The third-order valence-electron chi connectivity index (χ3n) is 5.52. The van der Waals surface area contributed by atoms with Crippen molar-refractivity contribution >= 4 is 42.5 Å². The van der Waals surface area contributed by atoms with Gasteiger partial charge in [-0.05, 0) is 46.8 Å². The van der Waals surface area contributed by atoms with E-state index in [1.807, 2.05) is 51.7 Å². The number of nitrogens with zero attached hydrogens (tertiary/aromatic N) is 1. The number of piperazine rings is 1. The van der Waals surface area contributed by atoms with Crippen LogP contribution in [0.4, 0.5) is 0 Å². The molecule has 0 saturated carbocycles. The van der Waals surface area contributed by atoms with Gasteiger partial charge in [-0.2, -0.15) is 0 Å². The van der Waals surface area contributed by atoms with E-state index in [4.69, 9.17) is 20.9 Å². The minimum Gasteiger partial charge on any atom is -0.399 e. The van der Waals surface area contributed by atoms with Crippen molar-refractivity contribution in [2.24, 2.45) is 0 Å². The van der Waals surface area contributed by atoms with Crippen LogP contribution in [0.1, 0.15) is 45.0 Å². The minimum atomic E-state index is -0.528. The third kappa shape index (κ3) is 3.90. The lowest BCUT2D eigenvalue weighted by molar-refractivity contribution is 0.00578. The van der Waals surface area contributed by atoms with Gasteiger partial charge in [0.2, 0.25) is 0 Å². The van der Waals surface area contributed by atoms with E-state index in [0.717, 1.165) is 18.6 Å². The Morgan fingerprint density at radius 2 is 1.88 bits per heavy atom. The summed E-state index contributed by atoms with van der Waals surface area (Å²) in [5, 5.41) is 3.78. The predicted molar refractivity (Wildman–Crippen MR) is 108 cm³/mol. The van der Waals surface area contributed by atoms with E-state index in [-0.39, 0.29) is 24.4 Å². The molecule has 0 unspecified atom stereocenters. The summed E-state index contributed by atoms with van der Waals surface area (Å²) in [5.74, 6) is 0.0105. The van der Waals surface area contributed by atoms with Crippen molar-refractivity contribution in [2.45, 2.75) is 51.9 Å². The normalized spacial score (nSPS) is 24.3. The first kappa shape index (κ1) is 21.5. The van der Waals surface area contributed by atoms with Gasteiger partial charge in [0.1, 0.15) is 0 Å². The van der Waals surface area contributed by atoms with Crippen LogP contribution in [0.25, 0.3) is 0 Å². The van der Waals surface area contributed by atoms with Crippen LogP contribution in [-0.4, -0.2) is 54.8 Å². The maximum absolute atomic E-state index is 12.8. The van der Waals surface area contributed by atoms with E-state index in [2.05, 4.69) is 5.32 Å². The molecule has 5 nitrogen and oxygen atoms in total. The van der Waals surface area contributed by atoms with Crippen LogP contribution in [0.15, 0.2) is 18.2 Å². The molecule has 0 spiro atoms. The topological polar surface area (TPSA) is 50.8 Å². The largest absolute Gasteiger partial charge is 0.496 e. The highest BCUT2D eigenvalue weighted by Gasteiger charge is 2.52. The van der Waals surface area contributed by atoms with Gasteiger partial charge >= 0.3 is 7.12 Å². The number of carbonyl (C=O) groups excluding carboxylic acids is 1. The fraction of sp³-hybridized carbons (Fsp3) is 0.611. The van der Waals surface area contributed by atoms with Gasteiger partial charge in [0, 0.05) is 41.7 Å². The molecule has 2 aliphatic heterocycles. The van der Waals surface area contributed by atoms with Crippen molar-refractivity contribution in [2.75, 3.05) is 19.6 Å². The highest BCUT2D eigenvalue weighted by Crippen LogP contribution is 2.37. The minimum absolute atomic E-state index is 0. The van der Waals surface area contributed by atoms with E-state index in [1.165, 1.54) is 0 Å². The van der Waals surface area contributed by atoms with Gasteiger partial charge in [-0.1, -0.05) is 17.7 Å². The SMILES string of the molecule is C[C@@H]1CNCCN1C(=O)c1ccc(B2OC(C)(C)C(C)(C)O2)c(Cl)c1.Cl. The van der Waals surface area contributed by atoms with Crippen molar-refractivity contribution in [1.29, 1.82) is 0 Å². The maximum Gasteiger partial charge on any atom is 0.496 e. The average Bonchev–Trinajstić information content (AvgIpc) is 2.75. The number of halogens is 2. The van der Waals surface area contributed by atoms with Crippen LogP contribution in [0.3, 0.4) is 0 Å². The van der Waals surface area contributed by atoms with Crippen LogP contribution in [0.5, 0.6) is 0 Å². The van der Waals surface area contributed by atoms with Gasteiger partial charge in [-0.25, -0.2) is 0 Å². The molecule has 1 aromatic rings. The average molecular weight is 401 g/mol. The molecule has 2 saturated heterocycles. The summed E-state index contributed by atoms with van der Waals surface area (Å²) in [7, 11) is -0.528. The van der Waals surface area contributed by atoms with Crippen molar-refractivity contribution in [3.05, 3.63) is 28.8 Å². The zero-order chi connectivity index (χ0) is 18.4. The molecular weight excluding hydrogens is 374 g/mol. The fourth-order valence-electron chi connectivity index (χ4n) is 3.13. The van der Waals surface area contributed by atoms with Crippen LogP contribution in [0, 0.1) is 0 Å². The zero-order valence-corrected chi connectivity index (χ0v) is 17.5. The number of nitrogens with one attached hydrogen (secondary N) is 1. The van der Waals surface area contributed by atoms with Crippen molar-refractivity contribution < 1.29 is 14.1 Å². The molecule has 0 radical (unpaired) electrons. The number of hydrogen-bond acceptors (Lipinski definition) is 4. The standard InChI is InChI=1S/C18H26BClN2O3.ClH/c1-12-11-21-8-9-22(12)16(23)13-6-7-14(15(20)10-13)19-24-17(2,3)18(4,5)25-19;/h6-7,10,12,21H,8-9,11H2,1-5H3;1H/t12-;/m1./s1. The van der Waals surface area contributed by atoms with Crippen molar-refractivity contribution in [3.8, 4) is 0 Å². The summed E-state index contributed by atoms with van der Waals surface area (Å²) in [6, 6.07) is 5.54. The molecule has 8 heteroatoms. The lowest BCUT2D eigenvalue weighted by atomic mass is 9.78. The van der Waals surface area contributed by atoms with Crippen LogP contribution in [-0.2, 0) is 9.31 Å². The van der Waals surface area contributed by atoms with Gasteiger partial charge < -0.3 is 19.5 Å². The Hall–Kier alpha value is -0.785. The Morgan fingerprint density at radius 3 is 2.42 bits per heavy atom. The molecular formula is C18H27BCl2N2O3. The lowest BCUT2D eigenvalue weighted by Crippen LogP contribution is -2.52. The molecule has 0 aliphatic carbocycles. The molecule has 2 heterocycles. The molecule has 26 heavy (non-hydrogen) atoms. The van der Waals surface area contributed by atoms with Crippen LogP contribution >= 0.6 is 24.0 Å². The van der Waals surface area contributed by atoms with Crippen LogP contribution in [0.2, 0.25) is 5.02 Å². The van der Waals surface area contributed by atoms with E-state index >= 15 is 0 Å². The highest BCUT2D eigenvalue weighted by molar-refractivity contribution is 6.65. The predicted octanol–water partition coefficient (Wildman–Crippen LogP) is 2.49. The Labute approximate surface area is 167 Å². The van der Waals surface area contributed by atoms with Gasteiger partial charge in [-0.3, -0.25) is 4.79 Å². The fourth-order valence-corrected chi connectivity index (χ4v) is 3.40. The second-order valence-electron chi connectivity index (χ2n) is 7.88. The summed E-state index contributed by atoms with van der Waals surface area (Å²) in [5.41, 5.74) is 0.501. The zero-order valence-electron chi connectivity index (χ0n) is 16.0. The molecule has 2 fully saturated rings. The Bertz CT molecular complexity index is 668. The third-order valence-corrected chi connectivity index (χ3v) is 5.84. The molecule has 1 amide bonds. The van der Waals surface area contributed by atoms with Crippen molar-refractivity contribution in [1.82, 2.24) is 10.2 Å². The lowest BCUT2D eigenvalue weighted by Gasteiger charge is -2.34. The summed E-state index contributed by atoms with van der Waals surface area (Å²) in [6.07, 6.45) is 0. The van der Waals surface area contributed by atoms with E-state index in [1.54, 1.807) is 6.07 Å². The smallest absolute Gasteiger partial charge is 0.399 e. The molecule has 0 aromatic heterocycles. The summed E-state index contributed by atoms with van der Waals surface area (Å²) < 4.78 is 12.1. The Kier molecular flexibility index (Phi) is 6.36. The number of carbonyl (C=O) groups is 1. The summed E-state index contributed by atoms with van der Waals surface area (Å²) >= 11 is 6.47. The molecule has 0 bridgehead atoms. The monoisotopic (exact) mass is 400 g/mol. The molecule has 144 valence electrons. The Morgan fingerprint density at radius 1 is 1.27 bits per heavy atom. The second kappa shape index (κ2) is 7.68. The van der Waals surface area contributed by atoms with E-state index in [9.17, 15) is 4.79 Å². The molecule has 3 rings (SSSR count). The van der Waals surface area contributed by atoms with E-state index < -0.39 is 18.3 Å². The highest BCUT2D eigenvalue weighted by atomic mass is 35.5. The van der Waals surface area contributed by atoms with Gasteiger partial charge in [0.05, 0.1) is 11.2 Å². The molecule has 1 atom stereocenters. The van der Waals surface area contributed by atoms with Crippen LogP contribution < -0.4 is 10.8 Å². The quantitative estimate of drug-likeness (QED) is 0.775.